The first kappa shape index (κ1) is 12.7. The highest BCUT2D eigenvalue weighted by molar-refractivity contribution is 7.97. The van der Waals surface area contributed by atoms with Crippen molar-refractivity contribution in [2.45, 2.75) is 18.4 Å². The van der Waals surface area contributed by atoms with E-state index in [4.69, 9.17) is 5.26 Å². The molecule has 0 radical (unpaired) electrons. The molecule has 0 amide bonds. The van der Waals surface area contributed by atoms with E-state index < -0.39 is 0 Å². The van der Waals surface area contributed by atoms with Crippen LogP contribution in [0, 0.1) is 18.3 Å². The molecule has 0 bridgehead atoms. The summed E-state index contributed by atoms with van der Waals surface area (Å²) in [6, 6.07) is 18.2. The van der Waals surface area contributed by atoms with Gasteiger partial charge in [0.2, 0.25) is 0 Å². The summed E-state index contributed by atoms with van der Waals surface area (Å²) in [7, 11) is 0. The molecule has 0 aliphatic carbocycles. The van der Waals surface area contributed by atoms with Gasteiger partial charge in [-0.3, -0.25) is 4.72 Å². The van der Waals surface area contributed by atoms with E-state index >= 15 is 0 Å². The van der Waals surface area contributed by atoms with Crippen molar-refractivity contribution >= 4 is 11.9 Å². The Morgan fingerprint density at radius 3 is 2.56 bits per heavy atom. The summed E-state index contributed by atoms with van der Waals surface area (Å²) >= 11 is 1.58. The van der Waals surface area contributed by atoms with Crippen molar-refractivity contribution in [1.29, 1.82) is 5.26 Å². The number of nitriles is 1. The molecule has 2 rings (SSSR count). The molecule has 2 aromatic carbocycles. The summed E-state index contributed by atoms with van der Waals surface area (Å²) in [5, 5.41) is 8.98. The molecule has 0 saturated carbocycles. The average Bonchev–Trinajstić information content (AvgIpc) is 2.41. The van der Waals surface area contributed by atoms with Gasteiger partial charge in [0.25, 0.3) is 0 Å². The van der Waals surface area contributed by atoms with Crippen LogP contribution in [-0.4, -0.2) is 0 Å². The lowest BCUT2D eigenvalue weighted by Gasteiger charge is -2.06. The van der Waals surface area contributed by atoms with Crippen molar-refractivity contribution in [3.8, 4) is 6.07 Å². The van der Waals surface area contributed by atoms with Crippen LogP contribution in [-0.2, 0) is 6.54 Å². The molecule has 0 aliphatic heterocycles. The molecule has 3 heteroatoms. The third kappa shape index (κ3) is 3.36. The number of nitrogens with one attached hydrogen (secondary N) is 1. The first-order valence-electron chi connectivity index (χ1n) is 5.74. The largest absolute Gasteiger partial charge is 0.255 e. The SMILES string of the molecule is Cc1ccc(SNCc2ccccc2C#N)cc1. The smallest absolute Gasteiger partial charge is 0.0995 e. The lowest BCUT2D eigenvalue weighted by Crippen LogP contribution is -2.04. The van der Waals surface area contributed by atoms with Crippen LogP contribution in [0.25, 0.3) is 0 Å². The van der Waals surface area contributed by atoms with Crippen LogP contribution >= 0.6 is 11.9 Å². The van der Waals surface area contributed by atoms with Gasteiger partial charge in [0.1, 0.15) is 0 Å². The van der Waals surface area contributed by atoms with Crippen molar-refractivity contribution in [2.75, 3.05) is 0 Å². The molecule has 0 aliphatic rings. The second kappa shape index (κ2) is 6.25. The van der Waals surface area contributed by atoms with Gasteiger partial charge >= 0.3 is 0 Å². The van der Waals surface area contributed by atoms with E-state index in [-0.39, 0.29) is 0 Å². The van der Waals surface area contributed by atoms with Crippen LogP contribution in [0.1, 0.15) is 16.7 Å². The van der Waals surface area contributed by atoms with Gasteiger partial charge in [-0.05, 0) is 42.6 Å². The van der Waals surface area contributed by atoms with Crippen molar-refractivity contribution in [1.82, 2.24) is 4.72 Å². The summed E-state index contributed by atoms with van der Waals surface area (Å²) < 4.78 is 3.28. The van der Waals surface area contributed by atoms with Gasteiger partial charge in [0.05, 0.1) is 11.6 Å². The minimum atomic E-state index is 0.683. The second-order valence-electron chi connectivity index (χ2n) is 4.01. The Hall–Kier alpha value is -1.76. The van der Waals surface area contributed by atoms with Crippen molar-refractivity contribution in [3.63, 3.8) is 0 Å². The van der Waals surface area contributed by atoms with Crippen LogP contribution in [0.3, 0.4) is 0 Å². The predicted molar refractivity (Wildman–Crippen MR) is 75.0 cm³/mol. The van der Waals surface area contributed by atoms with Crippen LogP contribution < -0.4 is 4.72 Å². The Morgan fingerprint density at radius 2 is 1.83 bits per heavy atom. The van der Waals surface area contributed by atoms with E-state index in [1.54, 1.807) is 11.9 Å². The summed E-state index contributed by atoms with van der Waals surface area (Å²) in [5.74, 6) is 0. The van der Waals surface area contributed by atoms with E-state index in [0.29, 0.717) is 6.54 Å². The van der Waals surface area contributed by atoms with Gasteiger partial charge in [-0.25, -0.2) is 0 Å². The van der Waals surface area contributed by atoms with E-state index in [2.05, 4.69) is 42.0 Å². The predicted octanol–water partition coefficient (Wildman–Crippen LogP) is 3.66. The Kier molecular flexibility index (Phi) is 4.40. The summed E-state index contributed by atoms with van der Waals surface area (Å²) in [6.45, 7) is 2.76. The van der Waals surface area contributed by atoms with Crippen LogP contribution in [0.15, 0.2) is 53.4 Å². The van der Waals surface area contributed by atoms with Gasteiger partial charge in [0.15, 0.2) is 0 Å². The third-order valence-corrected chi connectivity index (χ3v) is 3.41. The third-order valence-electron chi connectivity index (χ3n) is 2.61. The fourth-order valence-corrected chi connectivity index (χ4v) is 2.25. The average molecular weight is 254 g/mol. The molecule has 2 nitrogen and oxygen atoms in total. The normalized spacial score (nSPS) is 10.0. The number of rotatable bonds is 4. The molecule has 90 valence electrons. The van der Waals surface area contributed by atoms with E-state index in [9.17, 15) is 0 Å². The van der Waals surface area contributed by atoms with Crippen LogP contribution in [0.5, 0.6) is 0 Å². The molecule has 18 heavy (non-hydrogen) atoms. The highest BCUT2D eigenvalue weighted by atomic mass is 32.2. The zero-order chi connectivity index (χ0) is 12.8. The van der Waals surface area contributed by atoms with E-state index in [0.717, 1.165) is 11.1 Å². The van der Waals surface area contributed by atoms with Crippen molar-refractivity contribution < 1.29 is 0 Å². The van der Waals surface area contributed by atoms with Crippen LogP contribution in [0.4, 0.5) is 0 Å². The molecule has 0 unspecified atom stereocenters. The molecule has 0 saturated heterocycles. The maximum atomic E-state index is 8.98. The molecule has 0 heterocycles. The molecule has 2 aromatic rings. The molecular weight excluding hydrogens is 240 g/mol. The Bertz CT molecular complexity index is 555. The quantitative estimate of drug-likeness (QED) is 0.846. The van der Waals surface area contributed by atoms with Crippen molar-refractivity contribution in [3.05, 3.63) is 65.2 Å². The number of nitrogens with zero attached hydrogens (tertiary/aromatic N) is 1. The zero-order valence-corrected chi connectivity index (χ0v) is 11.0. The minimum Gasteiger partial charge on any atom is -0.255 e. The van der Waals surface area contributed by atoms with Gasteiger partial charge in [-0.15, -0.1) is 0 Å². The number of aryl methyl sites for hydroxylation is 1. The van der Waals surface area contributed by atoms with E-state index in [1.165, 1.54) is 10.5 Å². The van der Waals surface area contributed by atoms with E-state index in [1.807, 2.05) is 24.3 Å². The van der Waals surface area contributed by atoms with Crippen LogP contribution in [0.2, 0.25) is 0 Å². The first-order valence-corrected chi connectivity index (χ1v) is 6.55. The number of hydrogen-bond donors (Lipinski definition) is 1. The summed E-state index contributed by atoms with van der Waals surface area (Å²) in [6.07, 6.45) is 0. The Morgan fingerprint density at radius 1 is 1.11 bits per heavy atom. The standard InChI is InChI=1S/C15H14N2S/c1-12-6-8-15(9-7-12)18-17-11-14-5-3-2-4-13(14)10-16/h2-9,17H,11H2,1H3. The zero-order valence-electron chi connectivity index (χ0n) is 10.2. The molecular formula is C15H14N2S. The lowest BCUT2D eigenvalue weighted by molar-refractivity contribution is 0.970. The fourth-order valence-electron chi connectivity index (χ4n) is 1.59. The van der Waals surface area contributed by atoms with Gasteiger partial charge in [-0.2, -0.15) is 5.26 Å². The summed E-state index contributed by atoms with van der Waals surface area (Å²) in [4.78, 5) is 1.18. The topological polar surface area (TPSA) is 35.8 Å². The van der Waals surface area contributed by atoms with Gasteiger partial charge in [0, 0.05) is 11.4 Å². The lowest BCUT2D eigenvalue weighted by atomic mass is 10.1. The fraction of sp³-hybridized carbons (Fsp3) is 0.133. The maximum Gasteiger partial charge on any atom is 0.0995 e. The first-order chi connectivity index (χ1) is 8.79. The number of benzene rings is 2. The molecule has 0 aromatic heterocycles. The molecule has 0 fully saturated rings. The highest BCUT2D eigenvalue weighted by Gasteiger charge is 2.00. The maximum absolute atomic E-state index is 8.98. The molecule has 0 spiro atoms. The number of hydrogen-bond acceptors (Lipinski definition) is 3. The van der Waals surface area contributed by atoms with Gasteiger partial charge in [-0.1, -0.05) is 35.9 Å². The van der Waals surface area contributed by atoms with Crippen molar-refractivity contribution in [2.24, 2.45) is 0 Å². The molecule has 1 N–H and O–H groups in total. The monoisotopic (exact) mass is 254 g/mol. The van der Waals surface area contributed by atoms with Gasteiger partial charge < -0.3 is 0 Å². The Labute approximate surface area is 112 Å². The molecule has 0 atom stereocenters. The summed E-state index contributed by atoms with van der Waals surface area (Å²) in [5.41, 5.74) is 3.02. The minimum absolute atomic E-state index is 0.683. The highest BCUT2D eigenvalue weighted by Crippen LogP contribution is 2.16. The second-order valence-corrected chi connectivity index (χ2v) is 4.97. The Balaban J connectivity index is 1.93.